The second kappa shape index (κ2) is 5.49. The first-order valence-corrected chi connectivity index (χ1v) is 7.68. The van der Waals surface area contributed by atoms with Gasteiger partial charge in [0.25, 0.3) is 0 Å². The third-order valence-electron chi connectivity index (χ3n) is 4.45. The predicted octanol–water partition coefficient (Wildman–Crippen LogP) is 3.10. The van der Waals surface area contributed by atoms with Crippen molar-refractivity contribution in [3.05, 3.63) is 65.2 Å². The number of aromatic hydroxyl groups is 1. The molecule has 1 unspecified atom stereocenters. The van der Waals surface area contributed by atoms with Crippen LogP contribution < -0.4 is 15.2 Å². The van der Waals surface area contributed by atoms with E-state index in [1.54, 1.807) is 18.2 Å². The van der Waals surface area contributed by atoms with E-state index in [1.165, 1.54) is 7.11 Å². The Hall–Kier alpha value is -3.59. The standard InChI is InChI=1S/C19H15N3O3/c1-24-16-8-10(2-5-15(16)23)17-12-3-4-14-11(6-7-22-14)18(12)25-19(21)13(17)9-20/h2-8,17,22-23H,21H2,1H3. The average molecular weight is 333 g/mol. The maximum Gasteiger partial charge on any atom is 0.205 e. The van der Waals surface area contributed by atoms with Gasteiger partial charge in [-0.15, -0.1) is 0 Å². The number of phenols is 1. The van der Waals surface area contributed by atoms with E-state index >= 15 is 0 Å². The molecule has 0 bridgehead atoms. The van der Waals surface area contributed by atoms with Crippen molar-refractivity contribution in [1.29, 1.82) is 5.26 Å². The van der Waals surface area contributed by atoms with E-state index in [4.69, 9.17) is 15.2 Å². The number of fused-ring (bicyclic) bond motifs is 3. The predicted molar refractivity (Wildman–Crippen MR) is 92.3 cm³/mol. The van der Waals surface area contributed by atoms with Crippen LogP contribution in [0.15, 0.2) is 54.1 Å². The lowest BCUT2D eigenvalue weighted by Gasteiger charge is -2.27. The van der Waals surface area contributed by atoms with Gasteiger partial charge in [0.2, 0.25) is 5.88 Å². The number of hydrogen-bond donors (Lipinski definition) is 3. The topological polar surface area (TPSA) is 104 Å². The van der Waals surface area contributed by atoms with Crippen molar-refractivity contribution in [2.24, 2.45) is 5.73 Å². The molecule has 0 radical (unpaired) electrons. The van der Waals surface area contributed by atoms with Crippen LogP contribution in [0.3, 0.4) is 0 Å². The number of allylic oxidation sites excluding steroid dienone is 1. The Labute approximate surface area is 143 Å². The minimum absolute atomic E-state index is 0.0371. The van der Waals surface area contributed by atoms with Gasteiger partial charge in [0.1, 0.15) is 17.4 Å². The zero-order valence-electron chi connectivity index (χ0n) is 13.4. The molecule has 4 N–H and O–H groups in total. The zero-order valence-corrected chi connectivity index (χ0v) is 13.4. The lowest BCUT2D eigenvalue weighted by Crippen LogP contribution is -2.21. The fourth-order valence-corrected chi connectivity index (χ4v) is 3.27. The Kier molecular flexibility index (Phi) is 3.29. The van der Waals surface area contributed by atoms with Crippen molar-refractivity contribution in [2.45, 2.75) is 5.92 Å². The van der Waals surface area contributed by atoms with Gasteiger partial charge in [0.15, 0.2) is 11.5 Å². The number of methoxy groups -OCH3 is 1. The summed E-state index contributed by atoms with van der Waals surface area (Å²) in [5.74, 6) is 0.690. The molecule has 2 aromatic carbocycles. The van der Waals surface area contributed by atoms with Gasteiger partial charge in [-0.1, -0.05) is 12.1 Å². The smallest absolute Gasteiger partial charge is 0.205 e. The second-order valence-electron chi connectivity index (χ2n) is 5.78. The molecule has 1 aliphatic heterocycles. The first-order valence-electron chi connectivity index (χ1n) is 7.68. The van der Waals surface area contributed by atoms with Gasteiger partial charge in [-0.3, -0.25) is 0 Å². The molecule has 1 aliphatic rings. The van der Waals surface area contributed by atoms with Crippen molar-refractivity contribution in [2.75, 3.05) is 7.11 Å². The summed E-state index contributed by atoms with van der Waals surface area (Å²) in [6.45, 7) is 0. The summed E-state index contributed by atoms with van der Waals surface area (Å²) in [4.78, 5) is 3.14. The van der Waals surface area contributed by atoms with Gasteiger partial charge in [0, 0.05) is 22.7 Å². The molecule has 2 heterocycles. The Morgan fingerprint density at radius 1 is 1.28 bits per heavy atom. The maximum atomic E-state index is 9.86. The van der Waals surface area contributed by atoms with Gasteiger partial charge in [-0.25, -0.2) is 0 Å². The van der Waals surface area contributed by atoms with Crippen LogP contribution in [0.25, 0.3) is 10.9 Å². The average Bonchev–Trinajstić information content (AvgIpc) is 3.10. The molecule has 0 saturated carbocycles. The summed E-state index contributed by atoms with van der Waals surface area (Å²) >= 11 is 0. The van der Waals surface area contributed by atoms with E-state index < -0.39 is 5.92 Å². The number of nitriles is 1. The fourth-order valence-electron chi connectivity index (χ4n) is 3.27. The highest BCUT2D eigenvalue weighted by molar-refractivity contribution is 5.88. The fraction of sp³-hybridized carbons (Fsp3) is 0.105. The van der Waals surface area contributed by atoms with Crippen LogP contribution in [0.4, 0.5) is 0 Å². The SMILES string of the molecule is COc1cc(C2C(C#N)=C(N)Oc3c2ccc2[nH]ccc32)ccc1O. The van der Waals surface area contributed by atoms with Gasteiger partial charge >= 0.3 is 0 Å². The molecule has 124 valence electrons. The highest BCUT2D eigenvalue weighted by Crippen LogP contribution is 2.46. The monoisotopic (exact) mass is 333 g/mol. The van der Waals surface area contributed by atoms with Crippen LogP contribution in [0.2, 0.25) is 0 Å². The number of nitrogens with two attached hydrogens (primary N) is 1. The summed E-state index contributed by atoms with van der Waals surface area (Å²) in [7, 11) is 1.48. The third kappa shape index (κ3) is 2.17. The number of rotatable bonds is 2. The van der Waals surface area contributed by atoms with E-state index in [0.717, 1.165) is 22.0 Å². The number of benzene rings is 2. The molecule has 1 aromatic heterocycles. The molecular formula is C19H15N3O3. The lowest BCUT2D eigenvalue weighted by atomic mass is 9.83. The van der Waals surface area contributed by atoms with E-state index in [1.807, 2.05) is 24.4 Å². The highest BCUT2D eigenvalue weighted by Gasteiger charge is 2.32. The molecule has 0 spiro atoms. The molecule has 6 nitrogen and oxygen atoms in total. The minimum atomic E-state index is -0.400. The summed E-state index contributed by atoms with van der Waals surface area (Å²) in [5.41, 5.74) is 8.91. The molecule has 0 fully saturated rings. The van der Waals surface area contributed by atoms with Crippen LogP contribution in [-0.4, -0.2) is 17.2 Å². The molecule has 0 amide bonds. The number of H-pyrrole nitrogens is 1. The summed E-state index contributed by atoms with van der Waals surface area (Å²) < 4.78 is 11.0. The number of ether oxygens (including phenoxy) is 2. The van der Waals surface area contributed by atoms with Gasteiger partial charge in [0.05, 0.1) is 13.0 Å². The molecule has 1 atom stereocenters. The normalized spacial score (nSPS) is 16.2. The van der Waals surface area contributed by atoms with Crippen LogP contribution in [0.1, 0.15) is 17.0 Å². The van der Waals surface area contributed by atoms with E-state index in [9.17, 15) is 10.4 Å². The number of nitrogens with zero attached hydrogens (tertiary/aromatic N) is 1. The van der Waals surface area contributed by atoms with Gasteiger partial charge in [-0.2, -0.15) is 5.26 Å². The highest BCUT2D eigenvalue weighted by atomic mass is 16.5. The Morgan fingerprint density at radius 2 is 2.12 bits per heavy atom. The van der Waals surface area contributed by atoms with E-state index in [0.29, 0.717) is 17.1 Å². The van der Waals surface area contributed by atoms with Crippen LogP contribution >= 0.6 is 0 Å². The molecule has 4 rings (SSSR count). The maximum absolute atomic E-state index is 9.86. The van der Waals surface area contributed by atoms with Gasteiger partial charge in [-0.05, 0) is 29.8 Å². The Morgan fingerprint density at radius 3 is 2.88 bits per heavy atom. The first-order chi connectivity index (χ1) is 12.1. The third-order valence-corrected chi connectivity index (χ3v) is 4.45. The lowest BCUT2D eigenvalue weighted by molar-refractivity contribution is 0.372. The minimum Gasteiger partial charge on any atom is -0.504 e. The van der Waals surface area contributed by atoms with Crippen molar-refractivity contribution in [1.82, 2.24) is 4.98 Å². The van der Waals surface area contributed by atoms with Crippen LogP contribution in [0, 0.1) is 11.3 Å². The molecule has 0 aliphatic carbocycles. The number of phenolic OH excluding ortho intramolecular Hbond substituents is 1. The number of aromatic amines is 1. The summed E-state index contributed by atoms with van der Waals surface area (Å²) in [6, 6.07) is 12.9. The number of aromatic nitrogens is 1. The quantitative estimate of drug-likeness (QED) is 0.668. The largest absolute Gasteiger partial charge is 0.504 e. The zero-order chi connectivity index (χ0) is 17.6. The Balaban J connectivity index is 1.99. The molecule has 0 saturated heterocycles. The summed E-state index contributed by atoms with van der Waals surface area (Å²) in [5, 5.41) is 20.4. The van der Waals surface area contributed by atoms with E-state index in [-0.39, 0.29) is 11.6 Å². The van der Waals surface area contributed by atoms with Gasteiger partial charge < -0.3 is 25.3 Å². The molecule has 3 aromatic rings. The first kappa shape index (κ1) is 15.0. The number of nitrogens with one attached hydrogen (secondary N) is 1. The van der Waals surface area contributed by atoms with Crippen molar-refractivity contribution >= 4 is 10.9 Å². The molecule has 25 heavy (non-hydrogen) atoms. The Bertz CT molecular complexity index is 1060. The van der Waals surface area contributed by atoms with E-state index in [2.05, 4.69) is 11.1 Å². The van der Waals surface area contributed by atoms with Crippen molar-refractivity contribution in [3.8, 4) is 23.3 Å². The van der Waals surface area contributed by atoms with Crippen LogP contribution in [-0.2, 0) is 0 Å². The number of hydrogen-bond acceptors (Lipinski definition) is 5. The second-order valence-corrected chi connectivity index (χ2v) is 5.78. The van der Waals surface area contributed by atoms with Crippen molar-refractivity contribution in [3.63, 3.8) is 0 Å². The summed E-state index contributed by atoms with van der Waals surface area (Å²) in [6.07, 6.45) is 1.83. The molecular weight excluding hydrogens is 318 g/mol. The molecule has 6 heteroatoms. The van der Waals surface area contributed by atoms with Crippen LogP contribution in [0.5, 0.6) is 17.2 Å². The van der Waals surface area contributed by atoms with Crippen molar-refractivity contribution < 1.29 is 14.6 Å².